The molecule has 2 aromatic rings. The van der Waals surface area contributed by atoms with E-state index in [4.69, 9.17) is 0 Å². The van der Waals surface area contributed by atoms with E-state index in [1.165, 1.54) is 11.6 Å². The Kier molecular flexibility index (Phi) is 3.48. The van der Waals surface area contributed by atoms with Crippen molar-refractivity contribution < 1.29 is 9.13 Å². The molecule has 2 aromatic heterocycles. The fraction of sp³-hybridized carbons (Fsp3) is 0.375. The summed E-state index contributed by atoms with van der Waals surface area (Å²) in [6.07, 6.45) is 1.16. The van der Waals surface area contributed by atoms with Crippen molar-refractivity contribution in [1.82, 2.24) is 19.7 Å². The van der Waals surface area contributed by atoms with Gasteiger partial charge in [0, 0.05) is 5.75 Å². The SMILES string of the molecule is CCS(=O)c1nnc(-c2ncc([N+](=O)[O-])n2C)s1. The monoisotopic (exact) mass is 287 g/mol. The van der Waals surface area contributed by atoms with Crippen molar-refractivity contribution in [3.05, 3.63) is 16.3 Å². The molecule has 0 aliphatic rings. The largest absolute Gasteiger partial charge is 0.358 e. The molecule has 18 heavy (non-hydrogen) atoms. The molecule has 0 aromatic carbocycles. The third kappa shape index (κ3) is 2.16. The first-order valence-corrected chi connectivity index (χ1v) is 7.06. The zero-order valence-electron chi connectivity index (χ0n) is 9.56. The van der Waals surface area contributed by atoms with E-state index in [0.29, 0.717) is 20.9 Å². The van der Waals surface area contributed by atoms with Crippen LogP contribution in [0.1, 0.15) is 6.92 Å². The second-order valence-corrected chi connectivity index (χ2v) is 6.15. The summed E-state index contributed by atoms with van der Waals surface area (Å²) >= 11 is 1.13. The van der Waals surface area contributed by atoms with E-state index in [2.05, 4.69) is 15.2 Å². The van der Waals surface area contributed by atoms with E-state index in [9.17, 15) is 14.3 Å². The van der Waals surface area contributed by atoms with Crippen molar-refractivity contribution in [3.63, 3.8) is 0 Å². The quantitative estimate of drug-likeness (QED) is 0.613. The first kappa shape index (κ1) is 12.8. The van der Waals surface area contributed by atoms with E-state index >= 15 is 0 Å². The van der Waals surface area contributed by atoms with Crippen molar-refractivity contribution >= 4 is 28.0 Å². The Bertz CT molecular complexity index is 620. The minimum absolute atomic E-state index is 0.127. The molecule has 0 bridgehead atoms. The molecular weight excluding hydrogens is 278 g/mol. The van der Waals surface area contributed by atoms with Crippen molar-refractivity contribution in [2.75, 3.05) is 5.75 Å². The summed E-state index contributed by atoms with van der Waals surface area (Å²) in [5, 5.41) is 18.8. The normalized spacial score (nSPS) is 12.6. The molecule has 0 saturated heterocycles. The van der Waals surface area contributed by atoms with Gasteiger partial charge in [-0.1, -0.05) is 18.3 Å². The second kappa shape index (κ2) is 4.90. The summed E-state index contributed by atoms with van der Waals surface area (Å²) in [5.41, 5.74) is 0. The van der Waals surface area contributed by atoms with Gasteiger partial charge >= 0.3 is 5.82 Å². The topological polar surface area (TPSA) is 104 Å². The smallest absolute Gasteiger partial charge is 0.342 e. The summed E-state index contributed by atoms with van der Waals surface area (Å²) in [7, 11) is 0.348. The Morgan fingerprint density at radius 2 is 2.28 bits per heavy atom. The molecule has 0 fully saturated rings. The minimum Gasteiger partial charge on any atom is -0.358 e. The molecule has 0 saturated carbocycles. The van der Waals surface area contributed by atoms with Gasteiger partial charge in [-0.25, -0.2) is 9.55 Å². The molecule has 1 unspecified atom stereocenters. The highest BCUT2D eigenvalue weighted by Gasteiger charge is 2.22. The first-order chi connectivity index (χ1) is 8.54. The van der Waals surface area contributed by atoms with Crippen LogP contribution in [0.2, 0.25) is 0 Å². The lowest BCUT2D eigenvalue weighted by Crippen LogP contribution is -1.98. The van der Waals surface area contributed by atoms with Crippen LogP contribution >= 0.6 is 11.3 Å². The summed E-state index contributed by atoms with van der Waals surface area (Å²) in [6.45, 7) is 1.78. The van der Waals surface area contributed by atoms with Crippen molar-refractivity contribution in [1.29, 1.82) is 0 Å². The summed E-state index contributed by atoms with van der Waals surface area (Å²) in [6, 6.07) is 0. The fourth-order valence-corrected chi connectivity index (χ4v) is 3.24. The maximum absolute atomic E-state index is 11.5. The van der Waals surface area contributed by atoms with Gasteiger partial charge in [0.2, 0.25) is 9.35 Å². The van der Waals surface area contributed by atoms with Crippen LogP contribution < -0.4 is 0 Å². The minimum atomic E-state index is -1.18. The molecule has 8 nitrogen and oxygen atoms in total. The lowest BCUT2D eigenvalue weighted by Gasteiger charge is -1.94. The van der Waals surface area contributed by atoms with Crippen LogP contribution in [-0.4, -0.2) is 34.6 Å². The van der Waals surface area contributed by atoms with Crippen LogP contribution in [0.4, 0.5) is 5.82 Å². The van der Waals surface area contributed by atoms with Crippen LogP contribution in [0.3, 0.4) is 0 Å². The Balaban J connectivity index is 2.40. The number of hydrogen-bond donors (Lipinski definition) is 0. The summed E-state index contributed by atoms with van der Waals surface area (Å²) in [4.78, 5) is 14.1. The van der Waals surface area contributed by atoms with Crippen molar-refractivity contribution in [3.8, 4) is 10.8 Å². The highest BCUT2D eigenvalue weighted by molar-refractivity contribution is 7.87. The Morgan fingerprint density at radius 3 is 2.83 bits per heavy atom. The van der Waals surface area contributed by atoms with Crippen LogP contribution in [0, 0.1) is 10.1 Å². The van der Waals surface area contributed by atoms with Crippen molar-refractivity contribution in [2.45, 2.75) is 11.3 Å². The van der Waals surface area contributed by atoms with E-state index in [-0.39, 0.29) is 5.82 Å². The standard InChI is InChI=1S/C8H9N5O3S2/c1-3-18(16)8-11-10-7(17-8)6-9-4-5(12(6)2)13(14)15/h4H,3H2,1-2H3. The van der Waals surface area contributed by atoms with Gasteiger partial charge in [0.05, 0.1) is 17.8 Å². The Hall–Kier alpha value is -1.68. The third-order valence-electron chi connectivity index (χ3n) is 2.21. The maximum atomic E-state index is 11.5. The first-order valence-electron chi connectivity index (χ1n) is 4.93. The van der Waals surface area contributed by atoms with Crippen LogP contribution in [0.25, 0.3) is 10.8 Å². The summed E-state index contributed by atoms with van der Waals surface area (Å²) < 4.78 is 13.3. The van der Waals surface area contributed by atoms with Gasteiger partial charge in [0.25, 0.3) is 5.82 Å². The molecule has 10 heteroatoms. The van der Waals surface area contributed by atoms with Gasteiger partial charge in [0.1, 0.15) is 6.20 Å². The fourth-order valence-electron chi connectivity index (χ4n) is 1.28. The molecule has 0 aliphatic heterocycles. The number of imidazole rings is 1. The van der Waals surface area contributed by atoms with Gasteiger partial charge in [-0.15, -0.1) is 10.2 Å². The van der Waals surface area contributed by atoms with E-state index in [1.807, 2.05) is 0 Å². The van der Waals surface area contributed by atoms with E-state index < -0.39 is 15.7 Å². The molecule has 0 radical (unpaired) electrons. The molecule has 0 aliphatic carbocycles. The lowest BCUT2D eigenvalue weighted by atomic mass is 10.6. The van der Waals surface area contributed by atoms with E-state index in [0.717, 1.165) is 17.5 Å². The average Bonchev–Trinajstić information content (AvgIpc) is 2.94. The van der Waals surface area contributed by atoms with Gasteiger partial charge in [-0.3, -0.25) is 4.21 Å². The molecule has 0 spiro atoms. The highest BCUT2D eigenvalue weighted by atomic mass is 32.2. The number of rotatable bonds is 4. The second-order valence-electron chi connectivity index (χ2n) is 3.26. The average molecular weight is 287 g/mol. The number of nitrogens with zero attached hydrogens (tertiary/aromatic N) is 5. The molecule has 1 atom stereocenters. The van der Waals surface area contributed by atoms with Gasteiger partial charge in [0.15, 0.2) is 0 Å². The van der Waals surface area contributed by atoms with Crippen molar-refractivity contribution in [2.24, 2.45) is 7.05 Å². The van der Waals surface area contributed by atoms with E-state index in [1.54, 1.807) is 6.92 Å². The van der Waals surface area contributed by atoms with Gasteiger partial charge < -0.3 is 10.1 Å². The Morgan fingerprint density at radius 1 is 1.56 bits per heavy atom. The molecule has 2 rings (SSSR count). The molecule has 0 N–H and O–H groups in total. The third-order valence-corrected chi connectivity index (χ3v) is 4.72. The number of hydrogen-bond acceptors (Lipinski definition) is 7. The number of aromatic nitrogens is 4. The van der Waals surface area contributed by atoms with Crippen LogP contribution in [0.5, 0.6) is 0 Å². The van der Waals surface area contributed by atoms with Crippen LogP contribution in [0.15, 0.2) is 10.5 Å². The van der Waals surface area contributed by atoms with Gasteiger partial charge in [-0.05, 0) is 4.92 Å². The molecule has 96 valence electrons. The zero-order chi connectivity index (χ0) is 13.3. The molecule has 2 heterocycles. The predicted molar refractivity (Wildman–Crippen MR) is 65.7 cm³/mol. The van der Waals surface area contributed by atoms with Crippen LogP contribution in [-0.2, 0) is 17.8 Å². The highest BCUT2D eigenvalue weighted by Crippen LogP contribution is 2.26. The van der Waals surface area contributed by atoms with Gasteiger partial charge in [-0.2, -0.15) is 0 Å². The Labute approximate surface area is 108 Å². The predicted octanol–water partition coefficient (Wildman–Crippen LogP) is 0.974. The lowest BCUT2D eigenvalue weighted by molar-refractivity contribution is -0.391. The molecular formula is C8H9N5O3S2. The summed E-state index contributed by atoms with van der Waals surface area (Å²) in [5.74, 6) is 0.673. The maximum Gasteiger partial charge on any atom is 0.342 e. The molecule has 0 amide bonds. The number of nitro groups is 1. The zero-order valence-corrected chi connectivity index (χ0v) is 11.2.